The molecule has 0 saturated heterocycles. The van der Waals surface area contributed by atoms with Gasteiger partial charge in [-0.3, -0.25) is 4.79 Å². The van der Waals surface area contributed by atoms with Crippen molar-refractivity contribution in [2.75, 3.05) is 27.4 Å². The summed E-state index contributed by atoms with van der Waals surface area (Å²) in [6, 6.07) is 8.76. The average molecular weight is 356 g/mol. The molecule has 26 heavy (non-hydrogen) atoms. The van der Waals surface area contributed by atoms with Crippen molar-refractivity contribution in [1.29, 1.82) is 0 Å². The molecule has 0 unspecified atom stereocenters. The summed E-state index contributed by atoms with van der Waals surface area (Å²) in [5, 5.41) is 0. The molecule has 0 aliphatic carbocycles. The zero-order chi connectivity index (χ0) is 18.5. The molecule has 3 rings (SSSR count). The quantitative estimate of drug-likeness (QED) is 0.761. The van der Waals surface area contributed by atoms with Crippen LogP contribution in [0.1, 0.15) is 21.6 Å². The van der Waals surface area contributed by atoms with E-state index in [0.29, 0.717) is 31.0 Å². The molecule has 1 aliphatic rings. The number of hydrogen-bond donors (Lipinski definition) is 0. The first-order chi connectivity index (χ1) is 12.6. The second-order valence-corrected chi connectivity index (χ2v) is 5.83. The van der Waals surface area contributed by atoms with Crippen molar-refractivity contribution >= 4 is 11.9 Å². The third-order valence-electron chi connectivity index (χ3n) is 4.27. The molecule has 7 nitrogen and oxygen atoms in total. The van der Waals surface area contributed by atoms with Crippen LogP contribution in [0.15, 0.2) is 36.5 Å². The molecule has 2 heterocycles. The predicted molar refractivity (Wildman–Crippen MR) is 93.2 cm³/mol. The molecule has 0 bridgehead atoms. The molecular formula is C19H20N2O5. The summed E-state index contributed by atoms with van der Waals surface area (Å²) in [5.41, 5.74) is 2.30. The fourth-order valence-corrected chi connectivity index (χ4v) is 2.87. The number of aromatic nitrogens is 1. The van der Waals surface area contributed by atoms with Crippen molar-refractivity contribution < 1.29 is 23.8 Å². The van der Waals surface area contributed by atoms with Gasteiger partial charge in [-0.2, -0.15) is 0 Å². The Balaban J connectivity index is 1.63. The fourth-order valence-electron chi connectivity index (χ4n) is 2.87. The highest BCUT2D eigenvalue weighted by molar-refractivity contribution is 5.89. The summed E-state index contributed by atoms with van der Waals surface area (Å²) < 4.78 is 15.7. The number of esters is 1. The van der Waals surface area contributed by atoms with Crippen molar-refractivity contribution in [2.45, 2.75) is 13.0 Å². The lowest BCUT2D eigenvalue weighted by Crippen LogP contribution is -2.38. The number of ether oxygens (including phenoxy) is 3. The summed E-state index contributed by atoms with van der Waals surface area (Å²) in [7, 11) is 3.17. The summed E-state index contributed by atoms with van der Waals surface area (Å²) in [4.78, 5) is 29.9. The number of nitrogens with zero attached hydrogens (tertiary/aromatic N) is 2. The van der Waals surface area contributed by atoms with Crippen LogP contribution in [0.5, 0.6) is 11.5 Å². The van der Waals surface area contributed by atoms with Crippen LogP contribution >= 0.6 is 0 Å². The third-order valence-corrected chi connectivity index (χ3v) is 4.27. The van der Waals surface area contributed by atoms with Gasteiger partial charge in [-0.15, -0.1) is 0 Å². The Morgan fingerprint density at radius 3 is 2.50 bits per heavy atom. The molecule has 2 aromatic rings. The molecule has 0 fully saturated rings. The Labute approximate surface area is 151 Å². The van der Waals surface area contributed by atoms with Crippen molar-refractivity contribution in [1.82, 2.24) is 9.88 Å². The van der Waals surface area contributed by atoms with E-state index in [0.717, 1.165) is 11.1 Å². The normalized spacial score (nSPS) is 12.9. The highest BCUT2D eigenvalue weighted by Crippen LogP contribution is 2.33. The van der Waals surface area contributed by atoms with Crippen molar-refractivity contribution in [3.63, 3.8) is 0 Å². The third kappa shape index (κ3) is 3.77. The molecule has 1 aromatic heterocycles. The van der Waals surface area contributed by atoms with E-state index >= 15 is 0 Å². The largest absolute Gasteiger partial charge is 0.493 e. The van der Waals surface area contributed by atoms with Gasteiger partial charge in [-0.05, 0) is 41.8 Å². The number of hydrogen-bond acceptors (Lipinski definition) is 6. The standard InChI is InChI=1S/C19H20N2O5/c1-24-16-9-13-6-8-21(11-14(13)10-17(16)25-2)18(22)12-26-19(23)15-5-3-4-7-20-15/h3-5,7,9-10H,6,8,11-12H2,1-2H3. The molecule has 1 aliphatic heterocycles. The van der Waals surface area contributed by atoms with Crippen LogP contribution in [0.25, 0.3) is 0 Å². The van der Waals surface area contributed by atoms with Gasteiger partial charge in [0.2, 0.25) is 0 Å². The Morgan fingerprint density at radius 2 is 1.85 bits per heavy atom. The molecule has 0 atom stereocenters. The lowest BCUT2D eigenvalue weighted by molar-refractivity contribution is -0.135. The van der Waals surface area contributed by atoms with Gasteiger partial charge in [0.05, 0.1) is 14.2 Å². The van der Waals surface area contributed by atoms with E-state index in [-0.39, 0.29) is 18.2 Å². The van der Waals surface area contributed by atoms with E-state index < -0.39 is 5.97 Å². The first-order valence-electron chi connectivity index (χ1n) is 8.22. The molecule has 136 valence electrons. The number of amides is 1. The number of carbonyl (C=O) groups excluding carboxylic acids is 2. The van der Waals surface area contributed by atoms with Gasteiger partial charge in [0.15, 0.2) is 18.1 Å². The average Bonchev–Trinajstić information content (AvgIpc) is 2.70. The molecule has 0 radical (unpaired) electrons. The Morgan fingerprint density at radius 1 is 1.12 bits per heavy atom. The van der Waals surface area contributed by atoms with E-state index in [2.05, 4.69) is 4.98 Å². The summed E-state index contributed by atoms with van der Waals surface area (Å²) in [6.07, 6.45) is 2.21. The maximum absolute atomic E-state index is 12.4. The van der Waals surface area contributed by atoms with Gasteiger partial charge < -0.3 is 19.1 Å². The van der Waals surface area contributed by atoms with Crippen molar-refractivity contribution in [2.24, 2.45) is 0 Å². The second kappa shape index (κ2) is 7.86. The zero-order valence-electron chi connectivity index (χ0n) is 14.7. The first-order valence-corrected chi connectivity index (χ1v) is 8.22. The molecule has 0 N–H and O–H groups in total. The van der Waals surface area contributed by atoms with Crippen molar-refractivity contribution in [3.8, 4) is 11.5 Å². The minimum atomic E-state index is -0.609. The number of pyridine rings is 1. The number of fused-ring (bicyclic) bond motifs is 1. The van der Waals surface area contributed by atoms with Crippen LogP contribution < -0.4 is 9.47 Å². The topological polar surface area (TPSA) is 78.0 Å². The molecular weight excluding hydrogens is 336 g/mol. The van der Waals surface area contributed by atoms with Gasteiger partial charge in [0.25, 0.3) is 5.91 Å². The Kier molecular flexibility index (Phi) is 5.36. The van der Waals surface area contributed by atoms with E-state index in [1.165, 1.54) is 6.20 Å². The highest BCUT2D eigenvalue weighted by Gasteiger charge is 2.24. The molecule has 0 saturated carbocycles. The lowest BCUT2D eigenvalue weighted by Gasteiger charge is -2.29. The maximum atomic E-state index is 12.4. The maximum Gasteiger partial charge on any atom is 0.357 e. The van der Waals surface area contributed by atoms with Crippen LogP contribution in [0.4, 0.5) is 0 Å². The first kappa shape index (κ1) is 17.7. The van der Waals surface area contributed by atoms with Crippen LogP contribution in [0.2, 0.25) is 0 Å². The predicted octanol–water partition coefficient (Wildman–Crippen LogP) is 1.84. The minimum absolute atomic E-state index is 0.182. The van der Waals surface area contributed by atoms with E-state index in [4.69, 9.17) is 14.2 Å². The zero-order valence-corrected chi connectivity index (χ0v) is 14.7. The number of rotatable bonds is 5. The molecule has 1 amide bonds. The molecule has 7 heteroatoms. The van der Waals surface area contributed by atoms with E-state index in [9.17, 15) is 9.59 Å². The second-order valence-electron chi connectivity index (χ2n) is 5.83. The Hall–Kier alpha value is -3.09. The smallest absolute Gasteiger partial charge is 0.357 e. The van der Waals surface area contributed by atoms with Crippen molar-refractivity contribution in [3.05, 3.63) is 53.3 Å². The van der Waals surface area contributed by atoms with Crippen LogP contribution in [0, 0.1) is 0 Å². The number of carbonyl (C=O) groups is 2. The van der Waals surface area contributed by atoms with Gasteiger partial charge in [0, 0.05) is 19.3 Å². The Bertz CT molecular complexity index is 807. The molecule has 1 aromatic carbocycles. The SMILES string of the molecule is COc1cc2c(cc1OC)CN(C(=O)COC(=O)c1ccccn1)CC2. The van der Waals surface area contributed by atoms with Crippen LogP contribution in [-0.4, -0.2) is 49.1 Å². The van der Waals surface area contributed by atoms with Crippen LogP contribution in [0.3, 0.4) is 0 Å². The van der Waals surface area contributed by atoms with Gasteiger partial charge in [-0.25, -0.2) is 9.78 Å². The van der Waals surface area contributed by atoms with Gasteiger partial charge in [-0.1, -0.05) is 6.07 Å². The lowest BCUT2D eigenvalue weighted by atomic mass is 9.99. The van der Waals surface area contributed by atoms with E-state index in [1.807, 2.05) is 12.1 Å². The van der Waals surface area contributed by atoms with Gasteiger partial charge >= 0.3 is 5.97 Å². The molecule has 0 spiro atoms. The summed E-state index contributed by atoms with van der Waals surface area (Å²) in [5.74, 6) is 0.454. The van der Waals surface area contributed by atoms with Crippen LogP contribution in [-0.2, 0) is 22.5 Å². The number of benzene rings is 1. The number of methoxy groups -OCH3 is 2. The van der Waals surface area contributed by atoms with E-state index in [1.54, 1.807) is 37.3 Å². The monoisotopic (exact) mass is 356 g/mol. The highest BCUT2D eigenvalue weighted by atomic mass is 16.5. The van der Waals surface area contributed by atoms with Gasteiger partial charge in [0.1, 0.15) is 5.69 Å². The summed E-state index contributed by atoms with van der Waals surface area (Å²) >= 11 is 0. The fraction of sp³-hybridized carbons (Fsp3) is 0.316. The minimum Gasteiger partial charge on any atom is -0.493 e. The summed E-state index contributed by atoms with van der Waals surface area (Å²) in [6.45, 7) is 0.691.